The van der Waals surface area contributed by atoms with Gasteiger partial charge in [-0.25, -0.2) is 4.79 Å². The summed E-state index contributed by atoms with van der Waals surface area (Å²) in [5.74, 6) is 0.863. The fourth-order valence-electron chi connectivity index (χ4n) is 2.07. The first-order valence-electron chi connectivity index (χ1n) is 7.13. The van der Waals surface area contributed by atoms with Crippen molar-refractivity contribution in [2.24, 2.45) is 0 Å². The highest BCUT2D eigenvalue weighted by atomic mass is 16.5. The Hall–Kier alpha value is -2.29. The second-order valence-corrected chi connectivity index (χ2v) is 5.27. The van der Waals surface area contributed by atoms with Gasteiger partial charge in [0.2, 0.25) is 0 Å². The SMILES string of the molecule is CCC(C)c1ccc(Oc2cc(C(=O)O)ccc2C)cc1. The molecular weight excluding hydrogens is 264 g/mol. The summed E-state index contributed by atoms with van der Waals surface area (Å²) in [5, 5.41) is 9.04. The molecule has 2 aromatic carbocycles. The normalized spacial score (nSPS) is 12.0. The average Bonchev–Trinajstić information content (AvgIpc) is 2.49. The average molecular weight is 284 g/mol. The second-order valence-electron chi connectivity index (χ2n) is 5.27. The second kappa shape index (κ2) is 6.44. The number of hydrogen-bond donors (Lipinski definition) is 1. The zero-order chi connectivity index (χ0) is 15.4. The summed E-state index contributed by atoms with van der Waals surface area (Å²) in [7, 11) is 0. The van der Waals surface area contributed by atoms with E-state index in [9.17, 15) is 4.79 Å². The summed E-state index contributed by atoms with van der Waals surface area (Å²) < 4.78 is 5.81. The summed E-state index contributed by atoms with van der Waals surface area (Å²) >= 11 is 0. The van der Waals surface area contributed by atoms with Crippen LogP contribution in [0, 0.1) is 6.92 Å². The number of benzene rings is 2. The Morgan fingerprint density at radius 2 is 1.86 bits per heavy atom. The molecule has 0 bridgehead atoms. The third-order valence-electron chi connectivity index (χ3n) is 3.72. The monoisotopic (exact) mass is 284 g/mol. The zero-order valence-corrected chi connectivity index (χ0v) is 12.6. The van der Waals surface area contributed by atoms with E-state index in [-0.39, 0.29) is 5.56 Å². The first kappa shape index (κ1) is 15.1. The molecule has 2 aromatic rings. The van der Waals surface area contributed by atoms with Gasteiger partial charge in [0.15, 0.2) is 0 Å². The summed E-state index contributed by atoms with van der Waals surface area (Å²) in [6.07, 6.45) is 1.10. The molecule has 0 aromatic heterocycles. The molecule has 0 aliphatic carbocycles. The van der Waals surface area contributed by atoms with Crippen molar-refractivity contribution in [1.82, 2.24) is 0 Å². The van der Waals surface area contributed by atoms with Gasteiger partial charge >= 0.3 is 5.97 Å². The Morgan fingerprint density at radius 3 is 2.43 bits per heavy atom. The number of rotatable bonds is 5. The topological polar surface area (TPSA) is 46.5 Å². The highest BCUT2D eigenvalue weighted by Crippen LogP contribution is 2.28. The van der Waals surface area contributed by atoms with Crippen molar-refractivity contribution in [2.75, 3.05) is 0 Å². The quantitative estimate of drug-likeness (QED) is 0.840. The largest absolute Gasteiger partial charge is 0.478 e. The maximum Gasteiger partial charge on any atom is 0.335 e. The minimum Gasteiger partial charge on any atom is -0.478 e. The first-order chi connectivity index (χ1) is 10.0. The minimum absolute atomic E-state index is 0.229. The fourth-order valence-corrected chi connectivity index (χ4v) is 2.07. The highest BCUT2D eigenvalue weighted by molar-refractivity contribution is 5.88. The molecule has 0 aliphatic rings. The van der Waals surface area contributed by atoms with Crippen LogP contribution in [0.3, 0.4) is 0 Å². The molecule has 0 heterocycles. The minimum atomic E-state index is -0.952. The van der Waals surface area contributed by atoms with Crippen molar-refractivity contribution in [3.05, 3.63) is 59.2 Å². The molecule has 0 saturated carbocycles. The van der Waals surface area contributed by atoms with Crippen molar-refractivity contribution in [1.29, 1.82) is 0 Å². The molecule has 0 fully saturated rings. The molecule has 0 aliphatic heterocycles. The number of aromatic carboxylic acids is 1. The third-order valence-corrected chi connectivity index (χ3v) is 3.72. The van der Waals surface area contributed by atoms with Gasteiger partial charge in [-0.3, -0.25) is 0 Å². The highest BCUT2D eigenvalue weighted by Gasteiger charge is 2.08. The fraction of sp³-hybridized carbons (Fsp3) is 0.278. The summed E-state index contributed by atoms with van der Waals surface area (Å²) in [6.45, 7) is 6.25. The first-order valence-corrected chi connectivity index (χ1v) is 7.13. The van der Waals surface area contributed by atoms with Gasteiger partial charge in [0.1, 0.15) is 11.5 Å². The van der Waals surface area contributed by atoms with Crippen LogP contribution in [0.1, 0.15) is 47.7 Å². The van der Waals surface area contributed by atoms with Crippen molar-refractivity contribution < 1.29 is 14.6 Å². The van der Waals surface area contributed by atoms with E-state index in [1.165, 1.54) is 5.56 Å². The molecule has 3 heteroatoms. The molecule has 1 N–H and O–H groups in total. The standard InChI is InChI=1S/C18H20O3/c1-4-12(2)14-7-9-16(10-8-14)21-17-11-15(18(19)20)6-5-13(17)3/h5-12H,4H2,1-3H3,(H,19,20). The van der Waals surface area contributed by atoms with Crippen molar-refractivity contribution in [2.45, 2.75) is 33.1 Å². The summed E-state index contributed by atoms with van der Waals surface area (Å²) in [5.41, 5.74) is 2.42. The Balaban J connectivity index is 2.22. The van der Waals surface area contributed by atoms with Crippen LogP contribution in [0.4, 0.5) is 0 Å². The van der Waals surface area contributed by atoms with Gasteiger partial charge < -0.3 is 9.84 Å². The van der Waals surface area contributed by atoms with Crippen LogP contribution in [0.2, 0.25) is 0 Å². The van der Waals surface area contributed by atoms with Crippen molar-refractivity contribution in [3.63, 3.8) is 0 Å². The summed E-state index contributed by atoms with van der Waals surface area (Å²) in [4.78, 5) is 11.0. The molecule has 110 valence electrons. The van der Waals surface area contributed by atoms with Crippen LogP contribution in [0.15, 0.2) is 42.5 Å². The number of ether oxygens (including phenoxy) is 1. The lowest BCUT2D eigenvalue weighted by Gasteiger charge is -2.12. The number of carboxylic acids is 1. The number of aryl methyl sites for hydroxylation is 1. The van der Waals surface area contributed by atoms with Crippen LogP contribution in [0.25, 0.3) is 0 Å². The third kappa shape index (κ3) is 3.63. The predicted molar refractivity (Wildman–Crippen MR) is 83.4 cm³/mol. The van der Waals surface area contributed by atoms with Gasteiger partial charge in [0, 0.05) is 0 Å². The van der Waals surface area contributed by atoms with Gasteiger partial charge in [0.05, 0.1) is 5.56 Å². The van der Waals surface area contributed by atoms with Crippen LogP contribution < -0.4 is 4.74 Å². The van der Waals surface area contributed by atoms with Crippen LogP contribution in [0.5, 0.6) is 11.5 Å². The maximum absolute atomic E-state index is 11.0. The van der Waals surface area contributed by atoms with Crippen LogP contribution >= 0.6 is 0 Å². The van der Waals surface area contributed by atoms with E-state index in [0.29, 0.717) is 17.4 Å². The Morgan fingerprint density at radius 1 is 1.19 bits per heavy atom. The zero-order valence-electron chi connectivity index (χ0n) is 12.6. The predicted octanol–water partition coefficient (Wildman–Crippen LogP) is 5.00. The molecular formula is C18H20O3. The van der Waals surface area contributed by atoms with Gasteiger partial charge in [-0.15, -0.1) is 0 Å². The molecule has 0 spiro atoms. The van der Waals surface area contributed by atoms with Gasteiger partial charge in [-0.2, -0.15) is 0 Å². The molecule has 0 radical (unpaired) electrons. The lowest BCUT2D eigenvalue weighted by molar-refractivity contribution is 0.0696. The van der Waals surface area contributed by atoms with E-state index >= 15 is 0 Å². The smallest absolute Gasteiger partial charge is 0.335 e. The van der Waals surface area contributed by atoms with E-state index in [2.05, 4.69) is 26.0 Å². The Kier molecular flexibility index (Phi) is 4.63. The summed E-state index contributed by atoms with van der Waals surface area (Å²) in [6, 6.07) is 12.9. The lowest BCUT2D eigenvalue weighted by atomic mass is 9.99. The van der Waals surface area contributed by atoms with E-state index in [1.54, 1.807) is 18.2 Å². The molecule has 0 saturated heterocycles. The molecule has 2 rings (SSSR count). The van der Waals surface area contributed by atoms with E-state index < -0.39 is 5.97 Å². The Labute approximate surface area is 125 Å². The maximum atomic E-state index is 11.0. The number of carboxylic acid groups (broad SMARTS) is 1. The number of carbonyl (C=O) groups is 1. The van der Waals surface area contributed by atoms with E-state index in [1.807, 2.05) is 19.1 Å². The van der Waals surface area contributed by atoms with E-state index in [4.69, 9.17) is 9.84 Å². The Bertz CT molecular complexity index is 629. The van der Waals surface area contributed by atoms with Gasteiger partial charge in [0.25, 0.3) is 0 Å². The molecule has 1 unspecified atom stereocenters. The van der Waals surface area contributed by atoms with Crippen LogP contribution in [-0.4, -0.2) is 11.1 Å². The van der Waals surface area contributed by atoms with Gasteiger partial charge in [-0.05, 0) is 54.7 Å². The van der Waals surface area contributed by atoms with Gasteiger partial charge in [-0.1, -0.05) is 32.0 Å². The molecule has 21 heavy (non-hydrogen) atoms. The molecule has 0 amide bonds. The van der Waals surface area contributed by atoms with Crippen molar-refractivity contribution in [3.8, 4) is 11.5 Å². The van der Waals surface area contributed by atoms with Crippen LogP contribution in [-0.2, 0) is 0 Å². The lowest BCUT2D eigenvalue weighted by Crippen LogP contribution is -1.98. The van der Waals surface area contributed by atoms with E-state index in [0.717, 1.165) is 12.0 Å². The van der Waals surface area contributed by atoms with Crippen molar-refractivity contribution >= 4 is 5.97 Å². The number of hydrogen-bond acceptors (Lipinski definition) is 2. The molecule has 3 nitrogen and oxygen atoms in total. The molecule has 1 atom stereocenters.